The van der Waals surface area contributed by atoms with Gasteiger partial charge in [-0.25, -0.2) is 0 Å². The van der Waals surface area contributed by atoms with E-state index >= 15 is 0 Å². The molecule has 1 fully saturated rings. The summed E-state index contributed by atoms with van der Waals surface area (Å²) in [6.45, 7) is 3.44. The van der Waals surface area contributed by atoms with Gasteiger partial charge in [0.2, 0.25) is 11.8 Å². The molecule has 1 aliphatic carbocycles. The zero-order valence-electron chi connectivity index (χ0n) is 10.6. The number of carbonyl (C=O) groups excluding carboxylic acids is 2. The first kappa shape index (κ1) is 14.0. The zero-order valence-corrected chi connectivity index (χ0v) is 10.6. The van der Waals surface area contributed by atoms with Crippen LogP contribution in [0.2, 0.25) is 0 Å². The van der Waals surface area contributed by atoms with Crippen molar-refractivity contribution in [2.45, 2.75) is 45.1 Å². The molecule has 1 saturated carbocycles. The predicted molar refractivity (Wildman–Crippen MR) is 64.3 cm³/mol. The molecule has 5 heteroatoms. The number of hydrogen-bond donors (Lipinski definition) is 3. The van der Waals surface area contributed by atoms with Crippen molar-refractivity contribution in [1.29, 1.82) is 0 Å². The number of rotatable bonds is 4. The summed E-state index contributed by atoms with van der Waals surface area (Å²) in [7, 11) is 0. The number of hydrogen-bond acceptors (Lipinski definition) is 3. The van der Waals surface area contributed by atoms with E-state index in [2.05, 4.69) is 17.6 Å². The highest BCUT2D eigenvalue weighted by molar-refractivity contribution is 5.84. The average molecular weight is 242 g/mol. The fraction of sp³-hybridized carbons (Fsp3) is 0.833. The molecule has 0 aliphatic heterocycles. The van der Waals surface area contributed by atoms with Gasteiger partial charge < -0.3 is 15.7 Å². The predicted octanol–water partition coefficient (Wildman–Crippen LogP) is 0.180. The first-order valence-electron chi connectivity index (χ1n) is 6.14. The highest BCUT2D eigenvalue weighted by atomic mass is 16.3. The van der Waals surface area contributed by atoms with Gasteiger partial charge in [0.25, 0.3) is 0 Å². The number of nitrogens with one attached hydrogen (secondary N) is 2. The van der Waals surface area contributed by atoms with Crippen molar-refractivity contribution in [3.05, 3.63) is 0 Å². The molecular formula is C12H22N2O3. The summed E-state index contributed by atoms with van der Waals surface area (Å²) in [4.78, 5) is 22.4. The van der Waals surface area contributed by atoms with E-state index < -0.39 is 5.54 Å². The Morgan fingerprint density at radius 3 is 2.71 bits per heavy atom. The summed E-state index contributed by atoms with van der Waals surface area (Å²) in [5, 5.41) is 14.8. The summed E-state index contributed by atoms with van der Waals surface area (Å²) < 4.78 is 0. The Kier molecular flexibility index (Phi) is 4.93. The van der Waals surface area contributed by atoms with Crippen LogP contribution in [0.15, 0.2) is 0 Å². The van der Waals surface area contributed by atoms with Gasteiger partial charge in [-0.2, -0.15) is 0 Å². The lowest BCUT2D eigenvalue weighted by Gasteiger charge is -2.39. The third-order valence-electron chi connectivity index (χ3n) is 3.30. The summed E-state index contributed by atoms with van der Waals surface area (Å²) >= 11 is 0. The van der Waals surface area contributed by atoms with E-state index in [9.17, 15) is 14.7 Å². The van der Waals surface area contributed by atoms with Crippen LogP contribution in [0.3, 0.4) is 0 Å². The molecule has 1 rings (SSSR count). The van der Waals surface area contributed by atoms with E-state index in [1.807, 2.05) is 0 Å². The molecule has 2 amide bonds. The van der Waals surface area contributed by atoms with Crippen LogP contribution >= 0.6 is 0 Å². The Balaban J connectivity index is 2.50. The highest BCUT2D eigenvalue weighted by Gasteiger charge is 2.35. The minimum absolute atomic E-state index is 0.0224. The third-order valence-corrected chi connectivity index (χ3v) is 3.30. The quantitative estimate of drug-likeness (QED) is 0.658. The molecule has 3 N–H and O–H groups in total. The number of amides is 2. The van der Waals surface area contributed by atoms with Crippen LogP contribution in [0.25, 0.3) is 0 Å². The normalized spacial score (nSPS) is 28.5. The Labute approximate surface area is 102 Å². The summed E-state index contributed by atoms with van der Waals surface area (Å²) in [5.74, 6) is 0.0514. The Morgan fingerprint density at radius 1 is 1.47 bits per heavy atom. The number of carbonyl (C=O) groups is 2. The molecule has 0 bridgehead atoms. The lowest BCUT2D eigenvalue weighted by Crippen LogP contribution is -2.55. The van der Waals surface area contributed by atoms with Crippen LogP contribution < -0.4 is 10.6 Å². The lowest BCUT2D eigenvalue weighted by atomic mass is 9.77. The molecule has 2 atom stereocenters. The smallest absolute Gasteiger partial charge is 0.239 e. The molecule has 17 heavy (non-hydrogen) atoms. The Hall–Kier alpha value is -1.10. The number of aliphatic hydroxyl groups is 1. The number of aliphatic hydroxyl groups excluding tert-OH is 1. The van der Waals surface area contributed by atoms with Crippen LogP contribution in [0.5, 0.6) is 0 Å². The van der Waals surface area contributed by atoms with Crippen molar-refractivity contribution in [3.8, 4) is 0 Å². The van der Waals surface area contributed by atoms with Gasteiger partial charge in [-0.05, 0) is 18.8 Å². The summed E-state index contributed by atoms with van der Waals surface area (Å²) in [6, 6.07) is 0. The van der Waals surface area contributed by atoms with Crippen LogP contribution in [0, 0.1) is 5.92 Å². The molecule has 0 aromatic heterocycles. The second-order valence-electron chi connectivity index (χ2n) is 5.10. The molecule has 1 aliphatic rings. The van der Waals surface area contributed by atoms with Gasteiger partial charge in [-0.1, -0.05) is 19.8 Å². The summed E-state index contributed by atoms with van der Waals surface area (Å²) in [6.07, 6.45) is 3.76. The van der Waals surface area contributed by atoms with Crippen molar-refractivity contribution < 1.29 is 14.7 Å². The van der Waals surface area contributed by atoms with Crippen LogP contribution in [0.1, 0.15) is 39.5 Å². The van der Waals surface area contributed by atoms with Crippen molar-refractivity contribution in [2.24, 2.45) is 5.92 Å². The van der Waals surface area contributed by atoms with E-state index in [4.69, 9.17) is 0 Å². The summed E-state index contributed by atoms with van der Waals surface area (Å²) in [5.41, 5.74) is -0.493. The van der Waals surface area contributed by atoms with E-state index in [1.165, 1.54) is 6.92 Å². The van der Waals surface area contributed by atoms with Gasteiger partial charge in [0.15, 0.2) is 0 Å². The second-order valence-corrected chi connectivity index (χ2v) is 5.10. The Bertz CT molecular complexity index is 293. The van der Waals surface area contributed by atoms with Gasteiger partial charge >= 0.3 is 0 Å². The van der Waals surface area contributed by atoms with E-state index in [1.54, 1.807) is 0 Å². The van der Waals surface area contributed by atoms with Gasteiger partial charge in [0.1, 0.15) is 0 Å². The first-order chi connectivity index (χ1) is 7.97. The highest BCUT2D eigenvalue weighted by Crippen LogP contribution is 2.31. The minimum Gasteiger partial charge on any atom is -0.394 e. The van der Waals surface area contributed by atoms with Gasteiger partial charge in [-0.3, -0.25) is 9.59 Å². The molecule has 5 nitrogen and oxygen atoms in total. The van der Waals surface area contributed by atoms with Gasteiger partial charge in [0.05, 0.1) is 18.7 Å². The van der Waals surface area contributed by atoms with Crippen LogP contribution in [-0.4, -0.2) is 35.6 Å². The topological polar surface area (TPSA) is 78.4 Å². The fourth-order valence-electron chi connectivity index (χ4n) is 2.50. The average Bonchev–Trinajstić information content (AvgIpc) is 2.26. The van der Waals surface area contributed by atoms with Crippen molar-refractivity contribution >= 4 is 11.8 Å². The van der Waals surface area contributed by atoms with Crippen LogP contribution in [0.4, 0.5) is 0 Å². The SMILES string of the molecule is CC(=O)NCC(=O)NC1(CO)CCCC(C)C1. The zero-order chi connectivity index (χ0) is 12.9. The molecular weight excluding hydrogens is 220 g/mol. The molecule has 0 saturated heterocycles. The molecule has 98 valence electrons. The first-order valence-corrected chi connectivity index (χ1v) is 6.14. The maximum absolute atomic E-state index is 11.6. The van der Waals surface area contributed by atoms with E-state index in [-0.39, 0.29) is 25.0 Å². The molecule has 0 radical (unpaired) electrons. The standard InChI is InChI=1S/C12H22N2O3/c1-9-4-3-5-12(6-9,8-15)14-11(17)7-13-10(2)16/h9,15H,3-8H2,1-2H3,(H,13,16)(H,14,17). The maximum atomic E-state index is 11.6. The minimum atomic E-state index is -0.493. The van der Waals surface area contributed by atoms with Crippen molar-refractivity contribution in [2.75, 3.05) is 13.2 Å². The lowest BCUT2D eigenvalue weighted by molar-refractivity contribution is -0.127. The van der Waals surface area contributed by atoms with Crippen molar-refractivity contribution in [1.82, 2.24) is 10.6 Å². The fourth-order valence-corrected chi connectivity index (χ4v) is 2.50. The molecule has 0 aromatic carbocycles. The monoisotopic (exact) mass is 242 g/mol. The van der Waals surface area contributed by atoms with Gasteiger partial charge in [-0.15, -0.1) is 0 Å². The second kappa shape index (κ2) is 6.00. The molecule has 0 heterocycles. The van der Waals surface area contributed by atoms with Gasteiger partial charge in [0, 0.05) is 6.92 Å². The van der Waals surface area contributed by atoms with E-state index in [0.717, 1.165) is 25.7 Å². The molecule has 0 spiro atoms. The molecule has 0 aromatic rings. The largest absolute Gasteiger partial charge is 0.394 e. The maximum Gasteiger partial charge on any atom is 0.239 e. The van der Waals surface area contributed by atoms with E-state index in [0.29, 0.717) is 5.92 Å². The Morgan fingerprint density at radius 2 is 2.18 bits per heavy atom. The van der Waals surface area contributed by atoms with Crippen LogP contribution in [-0.2, 0) is 9.59 Å². The molecule has 2 unspecified atom stereocenters. The third kappa shape index (κ3) is 4.34. The van der Waals surface area contributed by atoms with Crippen molar-refractivity contribution in [3.63, 3.8) is 0 Å².